The Morgan fingerprint density at radius 2 is 1.70 bits per heavy atom. The number of hydrogen-bond acceptors (Lipinski definition) is 6. The summed E-state index contributed by atoms with van der Waals surface area (Å²) in [5, 5.41) is 6.56. The SMILES string of the molecule is O=S(=O)(Cc1ccccc1)Nc1ccc(-c2ccc3nc(NC4CCCNC4)ncc3c2F)c(F)c1F. The number of fused-ring (bicyclic) bond motifs is 1. The predicted molar refractivity (Wildman–Crippen MR) is 137 cm³/mol. The fraction of sp³-hybridized carbons (Fsp3) is 0.231. The van der Waals surface area contributed by atoms with E-state index in [1.165, 1.54) is 18.3 Å². The normalized spacial score (nSPS) is 16.0. The molecule has 11 heteroatoms. The van der Waals surface area contributed by atoms with Crippen molar-refractivity contribution in [3.05, 3.63) is 83.8 Å². The van der Waals surface area contributed by atoms with Crippen molar-refractivity contribution < 1.29 is 21.6 Å². The van der Waals surface area contributed by atoms with Gasteiger partial charge in [-0.15, -0.1) is 0 Å². The van der Waals surface area contributed by atoms with E-state index in [-0.39, 0.29) is 22.6 Å². The number of nitrogens with one attached hydrogen (secondary N) is 3. The fourth-order valence-corrected chi connectivity index (χ4v) is 5.54. The van der Waals surface area contributed by atoms with Gasteiger partial charge in [0, 0.05) is 29.9 Å². The molecule has 0 radical (unpaired) electrons. The third-order valence-electron chi connectivity index (χ3n) is 6.17. The molecule has 4 aromatic rings. The highest BCUT2D eigenvalue weighted by Crippen LogP contribution is 2.33. The zero-order chi connectivity index (χ0) is 26.0. The van der Waals surface area contributed by atoms with Gasteiger partial charge in [0.25, 0.3) is 0 Å². The van der Waals surface area contributed by atoms with E-state index in [0.717, 1.165) is 38.1 Å². The molecule has 2 heterocycles. The maximum absolute atomic E-state index is 15.4. The van der Waals surface area contributed by atoms with Crippen LogP contribution in [0.1, 0.15) is 18.4 Å². The number of nitrogens with zero attached hydrogens (tertiary/aromatic N) is 2. The molecule has 1 aliphatic rings. The number of rotatable bonds is 7. The van der Waals surface area contributed by atoms with Gasteiger partial charge < -0.3 is 10.6 Å². The second-order valence-electron chi connectivity index (χ2n) is 8.88. The zero-order valence-corrected chi connectivity index (χ0v) is 20.5. The Kier molecular flexibility index (Phi) is 6.98. The van der Waals surface area contributed by atoms with Gasteiger partial charge in [0.05, 0.1) is 22.3 Å². The van der Waals surface area contributed by atoms with E-state index in [1.54, 1.807) is 30.3 Å². The van der Waals surface area contributed by atoms with Gasteiger partial charge in [-0.25, -0.2) is 31.6 Å². The third-order valence-corrected chi connectivity index (χ3v) is 7.41. The molecule has 1 aliphatic heterocycles. The van der Waals surface area contributed by atoms with Gasteiger partial charge in [-0.2, -0.15) is 0 Å². The Labute approximate surface area is 212 Å². The number of piperidine rings is 1. The average Bonchev–Trinajstić information content (AvgIpc) is 2.88. The van der Waals surface area contributed by atoms with Crippen LogP contribution in [0.2, 0.25) is 0 Å². The summed E-state index contributed by atoms with van der Waals surface area (Å²) in [6, 6.07) is 13.5. The van der Waals surface area contributed by atoms with Gasteiger partial charge in [0.15, 0.2) is 11.6 Å². The summed E-state index contributed by atoms with van der Waals surface area (Å²) in [4.78, 5) is 8.55. The molecular formula is C26H24F3N5O2S. The summed E-state index contributed by atoms with van der Waals surface area (Å²) < 4.78 is 72.3. The van der Waals surface area contributed by atoms with Gasteiger partial charge in [-0.3, -0.25) is 4.72 Å². The lowest BCUT2D eigenvalue weighted by molar-refractivity contribution is 0.478. The lowest BCUT2D eigenvalue weighted by Crippen LogP contribution is -2.38. The van der Waals surface area contributed by atoms with Crippen molar-refractivity contribution in [2.24, 2.45) is 0 Å². The summed E-state index contributed by atoms with van der Waals surface area (Å²) in [5.41, 5.74) is -0.299. The van der Waals surface area contributed by atoms with Crippen molar-refractivity contribution in [2.45, 2.75) is 24.6 Å². The first-order chi connectivity index (χ1) is 17.8. The van der Waals surface area contributed by atoms with Gasteiger partial charge in [0.1, 0.15) is 5.82 Å². The molecule has 1 aromatic heterocycles. The second kappa shape index (κ2) is 10.3. The topological polar surface area (TPSA) is 96.0 Å². The number of halogens is 3. The van der Waals surface area contributed by atoms with Crippen molar-refractivity contribution in [3.63, 3.8) is 0 Å². The molecule has 0 aliphatic carbocycles. The maximum atomic E-state index is 15.4. The van der Waals surface area contributed by atoms with Crippen molar-refractivity contribution >= 4 is 32.6 Å². The second-order valence-corrected chi connectivity index (χ2v) is 10.6. The number of anilines is 2. The molecular weight excluding hydrogens is 503 g/mol. The molecule has 0 saturated carbocycles. The quantitative estimate of drug-likeness (QED) is 0.319. The van der Waals surface area contributed by atoms with E-state index in [9.17, 15) is 12.8 Å². The molecule has 192 valence electrons. The largest absolute Gasteiger partial charge is 0.350 e. The van der Waals surface area contributed by atoms with E-state index in [0.29, 0.717) is 17.0 Å². The lowest BCUT2D eigenvalue weighted by Gasteiger charge is -2.23. The number of benzene rings is 3. The minimum atomic E-state index is -4.01. The first-order valence-electron chi connectivity index (χ1n) is 11.8. The van der Waals surface area contributed by atoms with Crippen LogP contribution in [-0.2, 0) is 15.8 Å². The van der Waals surface area contributed by atoms with Crippen LogP contribution in [0.25, 0.3) is 22.0 Å². The highest BCUT2D eigenvalue weighted by atomic mass is 32.2. The molecule has 7 nitrogen and oxygen atoms in total. The van der Waals surface area contributed by atoms with Crippen molar-refractivity contribution in [1.82, 2.24) is 15.3 Å². The molecule has 37 heavy (non-hydrogen) atoms. The van der Waals surface area contributed by atoms with E-state index < -0.39 is 38.9 Å². The first kappa shape index (κ1) is 25.0. The van der Waals surface area contributed by atoms with Gasteiger partial charge in [0.2, 0.25) is 16.0 Å². The Balaban J connectivity index is 1.40. The van der Waals surface area contributed by atoms with Crippen LogP contribution in [-0.4, -0.2) is 37.5 Å². The number of aromatic nitrogens is 2. The Bertz CT molecular complexity index is 1550. The van der Waals surface area contributed by atoms with Crippen molar-refractivity contribution in [3.8, 4) is 11.1 Å². The Hall–Kier alpha value is -3.70. The molecule has 1 unspecified atom stereocenters. The molecule has 1 saturated heterocycles. The molecule has 0 amide bonds. The predicted octanol–water partition coefficient (Wildman–Crippen LogP) is 4.82. The van der Waals surface area contributed by atoms with Gasteiger partial charge >= 0.3 is 0 Å². The van der Waals surface area contributed by atoms with Gasteiger partial charge in [-0.05, 0) is 49.2 Å². The fourth-order valence-electron chi connectivity index (χ4n) is 4.34. The van der Waals surface area contributed by atoms with E-state index in [1.807, 2.05) is 0 Å². The molecule has 1 fully saturated rings. The molecule has 5 rings (SSSR count). The number of sulfonamides is 1. The Morgan fingerprint density at radius 1 is 0.946 bits per heavy atom. The van der Waals surface area contributed by atoms with Crippen LogP contribution in [0, 0.1) is 17.5 Å². The monoisotopic (exact) mass is 527 g/mol. The van der Waals surface area contributed by atoms with Crippen LogP contribution in [0.5, 0.6) is 0 Å². The third kappa shape index (κ3) is 5.52. The first-order valence-corrected chi connectivity index (χ1v) is 13.4. The van der Waals surface area contributed by atoms with Crippen molar-refractivity contribution in [2.75, 3.05) is 23.1 Å². The number of hydrogen-bond donors (Lipinski definition) is 3. The highest BCUT2D eigenvalue weighted by molar-refractivity contribution is 7.91. The van der Waals surface area contributed by atoms with Gasteiger partial charge in [-0.1, -0.05) is 30.3 Å². The minimum absolute atomic E-state index is 0.0530. The summed E-state index contributed by atoms with van der Waals surface area (Å²) in [6.07, 6.45) is 3.30. The molecule has 3 N–H and O–H groups in total. The van der Waals surface area contributed by atoms with Crippen LogP contribution in [0.15, 0.2) is 60.8 Å². The molecule has 3 aromatic carbocycles. The summed E-state index contributed by atoms with van der Waals surface area (Å²) in [7, 11) is -4.01. The summed E-state index contributed by atoms with van der Waals surface area (Å²) in [6.45, 7) is 1.74. The zero-order valence-electron chi connectivity index (χ0n) is 19.6. The van der Waals surface area contributed by atoms with E-state index in [4.69, 9.17) is 0 Å². The molecule has 0 bridgehead atoms. The molecule has 0 spiro atoms. The average molecular weight is 528 g/mol. The summed E-state index contributed by atoms with van der Waals surface area (Å²) in [5.74, 6) is -3.66. The standard InChI is InChI=1S/C26H24F3N5O2S/c27-23-18(8-10-21-20(23)14-31-26(33-21)32-17-7-4-12-30-13-17)19-9-11-22(25(29)24(19)28)34-37(35,36)15-16-5-2-1-3-6-16/h1-3,5-6,8-11,14,17,30,34H,4,7,12-13,15H2,(H,31,32,33). The van der Waals surface area contributed by atoms with Crippen LogP contribution >= 0.6 is 0 Å². The van der Waals surface area contributed by atoms with E-state index in [2.05, 4.69) is 25.3 Å². The lowest BCUT2D eigenvalue weighted by atomic mass is 10.0. The van der Waals surface area contributed by atoms with E-state index >= 15 is 8.78 Å². The van der Waals surface area contributed by atoms with Crippen LogP contribution in [0.3, 0.4) is 0 Å². The molecule has 1 atom stereocenters. The van der Waals surface area contributed by atoms with Crippen LogP contribution < -0.4 is 15.4 Å². The smallest absolute Gasteiger partial charge is 0.237 e. The maximum Gasteiger partial charge on any atom is 0.237 e. The minimum Gasteiger partial charge on any atom is -0.350 e. The highest BCUT2D eigenvalue weighted by Gasteiger charge is 2.22. The van der Waals surface area contributed by atoms with Crippen LogP contribution in [0.4, 0.5) is 24.8 Å². The Morgan fingerprint density at radius 3 is 2.46 bits per heavy atom. The van der Waals surface area contributed by atoms with Crippen molar-refractivity contribution in [1.29, 1.82) is 0 Å². The summed E-state index contributed by atoms with van der Waals surface area (Å²) >= 11 is 0.